The zero-order valence-corrected chi connectivity index (χ0v) is 16.4. The summed E-state index contributed by atoms with van der Waals surface area (Å²) in [5.41, 5.74) is 1.23. The second kappa shape index (κ2) is 8.73. The van der Waals surface area contributed by atoms with Crippen LogP contribution in [0.5, 0.6) is 11.5 Å². The van der Waals surface area contributed by atoms with E-state index in [0.29, 0.717) is 28.7 Å². The molecular weight excluding hydrogens is 358 g/mol. The van der Waals surface area contributed by atoms with Crippen molar-refractivity contribution in [3.8, 4) is 11.5 Å². The van der Waals surface area contributed by atoms with Gasteiger partial charge in [-0.15, -0.1) is 0 Å². The van der Waals surface area contributed by atoms with Crippen molar-refractivity contribution in [3.05, 3.63) is 47.8 Å². The minimum absolute atomic E-state index is 0.132. The molecule has 1 N–H and O–H groups in total. The molecule has 0 bridgehead atoms. The topological polar surface area (TPSA) is 80.8 Å². The van der Waals surface area contributed by atoms with Gasteiger partial charge in [0.05, 0.1) is 14.2 Å². The first-order valence-electron chi connectivity index (χ1n) is 9.30. The van der Waals surface area contributed by atoms with Gasteiger partial charge >= 0.3 is 0 Å². The number of nitrogens with one attached hydrogen (secondary N) is 1. The number of carbonyl (C=O) groups is 2. The van der Waals surface area contributed by atoms with Gasteiger partial charge in [-0.2, -0.15) is 0 Å². The molecule has 2 heterocycles. The van der Waals surface area contributed by atoms with Crippen molar-refractivity contribution < 1.29 is 19.1 Å². The molecule has 1 aromatic heterocycles. The summed E-state index contributed by atoms with van der Waals surface area (Å²) < 4.78 is 10.5. The van der Waals surface area contributed by atoms with Crippen LogP contribution in [-0.4, -0.2) is 49.0 Å². The summed E-state index contributed by atoms with van der Waals surface area (Å²) in [7, 11) is 3.08. The number of rotatable bonds is 5. The van der Waals surface area contributed by atoms with Gasteiger partial charge in [0, 0.05) is 36.6 Å². The molecule has 0 saturated carbocycles. The molecule has 2 amide bonds. The lowest BCUT2D eigenvalue weighted by atomic mass is 9.99. The third kappa shape index (κ3) is 4.42. The Kier molecular flexibility index (Phi) is 6.13. The van der Waals surface area contributed by atoms with Crippen LogP contribution >= 0.6 is 0 Å². The summed E-state index contributed by atoms with van der Waals surface area (Å²) in [5.74, 6) is 1.28. The Morgan fingerprint density at radius 2 is 1.79 bits per heavy atom. The summed E-state index contributed by atoms with van der Waals surface area (Å²) >= 11 is 0. The zero-order chi connectivity index (χ0) is 20.1. The number of carbonyl (C=O) groups excluding carboxylic acids is 2. The summed E-state index contributed by atoms with van der Waals surface area (Å²) in [6, 6.07) is 8.25. The van der Waals surface area contributed by atoms with E-state index in [4.69, 9.17) is 9.47 Å². The van der Waals surface area contributed by atoms with Crippen molar-refractivity contribution in [1.82, 2.24) is 9.88 Å². The average Bonchev–Trinajstić information content (AvgIpc) is 2.73. The van der Waals surface area contributed by atoms with Crippen LogP contribution in [0.25, 0.3) is 0 Å². The Morgan fingerprint density at radius 1 is 1.07 bits per heavy atom. The van der Waals surface area contributed by atoms with Gasteiger partial charge < -0.3 is 19.7 Å². The van der Waals surface area contributed by atoms with E-state index in [0.717, 1.165) is 25.9 Å². The number of anilines is 1. The van der Waals surface area contributed by atoms with Gasteiger partial charge in [-0.1, -0.05) is 6.92 Å². The Bertz CT molecular complexity index is 860. The lowest BCUT2D eigenvalue weighted by molar-refractivity contribution is 0.0691. The van der Waals surface area contributed by atoms with Crippen LogP contribution < -0.4 is 14.8 Å². The number of amides is 2. The third-order valence-electron chi connectivity index (χ3n) is 4.95. The van der Waals surface area contributed by atoms with Crippen molar-refractivity contribution in [2.45, 2.75) is 19.8 Å². The maximum Gasteiger partial charge on any atom is 0.272 e. The first kappa shape index (κ1) is 19.7. The van der Waals surface area contributed by atoms with E-state index in [9.17, 15) is 9.59 Å². The fourth-order valence-corrected chi connectivity index (χ4v) is 3.18. The molecular formula is C21H25N3O4. The van der Waals surface area contributed by atoms with Crippen LogP contribution in [0.15, 0.2) is 36.5 Å². The van der Waals surface area contributed by atoms with E-state index in [1.54, 1.807) is 36.3 Å². The van der Waals surface area contributed by atoms with Gasteiger partial charge in [-0.3, -0.25) is 14.6 Å². The first-order chi connectivity index (χ1) is 13.5. The van der Waals surface area contributed by atoms with Gasteiger partial charge in [0.2, 0.25) is 0 Å². The van der Waals surface area contributed by atoms with E-state index >= 15 is 0 Å². The predicted molar refractivity (Wildman–Crippen MR) is 106 cm³/mol. The van der Waals surface area contributed by atoms with Crippen molar-refractivity contribution in [2.24, 2.45) is 5.92 Å². The molecule has 0 unspecified atom stereocenters. The molecule has 2 aromatic rings. The quantitative estimate of drug-likeness (QED) is 0.857. The van der Waals surface area contributed by atoms with Crippen molar-refractivity contribution in [3.63, 3.8) is 0 Å². The molecule has 1 saturated heterocycles. The van der Waals surface area contributed by atoms with Crippen LogP contribution in [0.2, 0.25) is 0 Å². The predicted octanol–water partition coefficient (Wildman–Crippen LogP) is 3.22. The summed E-state index contributed by atoms with van der Waals surface area (Å²) in [4.78, 5) is 31.3. The molecule has 148 valence electrons. The number of likely N-dealkylation sites (tertiary alicyclic amines) is 1. The minimum atomic E-state index is -0.323. The molecule has 0 atom stereocenters. The number of piperidine rings is 1. The van der Waals surface area contributed by atoms with Crippen molar-refractivity contribution in [2.75, 3.05) is 32.6 Å². The number of benzene rings is 1. The Morgan fingerprint density at radius 3 is 2.46 bits per heavy atom. The molecule has 1 aromatic carbocycles. The monoisotopic (exact) mass is 383 g/mol. The average molecular weight is 383 g/mol. The van der Waals surface area contributed by atoms with Crippen molar-refractivity contribution in [1.29, 1.82) is 0 Å². The zero-order valence-electron chi connectivity index (χ0n) is 16.4. The normalized spacial score (nSPS) is 14.5. The highest BCUT2D eigenvalue weighted by molar-refractivity contribution is 6.05. The van der Waals surface area contributed by atoms with Crippen LogP contribution in [0.1, 0.15) is 40.6 Å². The van der Waals surface area contributed by atoms with Gasteiger partial charge in [-0.05, 0) is 43.0 Å². The Labute approximate surface area is 164 Å². The Balaban J connectivity index is 1.73. The lowest BCUT2D eigenvalue weighted by Crippen LogP contribution is -2.38. The summed E-state index contributed by atoms with van der Waals surface area (Å²) in [6.07, 6.45) is 3.47. The standard InChI is InChI=1S/C21H25N3O4/c1-14-7-10-24(11-8-14)21(26)17-12-15(6-9-22-17)20(25)23-16-4-5-18(27-2)19(13-16)28-3/h4-6,9,12-14H,7-8,10-11H2,1-3H3,(H,23,25). The third-order valence-corrected chi connectivity index (χ3v) is 4.95. The second-order valence-corrected chi connectivity index (χ2v) is 6.93. The smallest absolute Gasteiger partial charge is 0.272 e. The molecule has 1 fully saturated rings. The Hall–Kier alpha value is -3.09. The molecule has 0 radical (unpaired) electrons. The molecule has 0 aliphatic carbocycles. The highest BCUT2D eigenvalue weighted by Crippen LogP contribution is 2.30. The summed E-state index contributed by atoms with van der Waals surface area (Å²) in [6.45, 7) is 3.65. The van der Waals surface area contributed by atoms with E-state index in [-0.39, 0.29) is 17.5 Å². The van der Waals surface area contributed by atoms with E-state index in [1.807, 2.05) is 0 Å². The number of ether oxygens (including phenoxy) is 2. The molecule has 7 heteroatoms. The largest absolute Gasteiger partial charge is 0.493 e. The van der Waals surface area contributed by atoms with Gasteiger partial charge in [0.15, 0.2) is 11.5 Å². The van der Waals surface area contributed by atoms with E-state index in [2.05, 4.69) is 17.2 Å². The van der Waals surface area contributed by atoms with Crippen LogP contribution in [0, 0.1) is 5.92 Å². The number of hydrogen-bond donors (Lipinski definition) is 1. The number of methoxy groups -OCH3 is 2. The van der Waals surface area contributed by atoms with Crippen molar-refractivity contribution >= 4 is 17.5 Å². The highest BCUT2D eigenvalue weighted by atomic mass is 16.5. The van der Waals surface area contributed by atoms with Crippen LogP contribution in [-0.2, 0) is 0 Å². The summed E-state index contributed by atoms with van der Waals surface area (Å²) in [5, 5.41) is 2.81. The number of nitrogens with zero attached hydrogens (tertiary/aromatic N) is 2. The maximum atomic E-state index is 12.7. The highest BCUT2D eigenvalue weighted by Gasteiger charge is 2.23. The van der Waals surface area contributed by atoms with E-state index < -0.39 is 0 Å². The van der Waals surface area contributed by atoms with Crippen LogP contribution in [0.4, 0.5) is 5.69 Å². The number of hydrogen-bond acceptors (Lipinski definition) is 5. The molecule has 3 rings (SSSR count). The van der Waals surface area contributed by atoms with Crippen LogP contribution in [0.3, 0.4) is 0 Å². The molecule has 1 aliphatic heterocycles. The number of aromatic nitrogens is 1. The lowest BCUT2D eigenvalue weighted by Gasteiger charge is -2.30. The maximum absolute atomic E-state index is 12.7. The minimum Gasteiger partial charge on any atom is -0.493 e. The first-order valence-corrected chi connectivity index (χ1v) is 9.30. The van der Waals surface area contributed by atoms with Gasteiger partial charge in [0.1, 0.15) is 5.69 Å². The fraction of sp³-hybridized carbons (Fsp3) is 0.381. The number of pyridine rings is 1. The van der Waals surface area contributed by atoms with Gasteiger partial charge in [-0.25, -0.2) is 0 Å². The molecule has 28 heavy (non-hydrogen) atoms. The molecule has 1 aliphatic rings. The second-order valence-electron chi connectivity index (χ2n) is 6.93. The molecule has 0 spiro atoms. The SMILES string of the molecule is COc1ccc(NC(=O)c2ccnc(C(=O)N3CCC(C)CC3)c2)cc1OC. The molecule has 7 nitrogen and oxygen atoms in total. The van der Waals surface area contributed by atoms with E-state index in [1.165, 1.54) is 19.4 Å². The van der Waals surface area contributed by atoms with Gasteiger partial charge in [0.25, 0.3) is 11.8 Å². The fourth-order valence-electron chi connectivity index (χ4n) is 3.18.